The molecule has 2 aromatic carbocycles. The van der Waals surface area contributed by atoms with Crippen molar-refractivity contribution in [2.45, 2.75) is 38.1 Å². The van der Waals surface area contributed by atoms with Gasteiger partial charge in [-0.3, -0.25) is 4.79 Å². The van der Waals surface area contributed by atoms with Gasteiger partial charge in [-0.15, -0.1) is 0 Å². The summed E-state index contributed by atoms with van der Waals surface area (Å²) in [5.74, 6) is 0.246. The first-order valence-corrected chi connectivity index (χ1v) is 11.2. The zero-order chi connectivity index (χ0) is 20.3. The molecule has 1 saturated heterocycles. The van der Waals surface area contributed by atoms with Crippen molar-refractivity contribution in [3.8, 4) is 0 Å². The summed E-state index contributed by atoms with van der Waals surface area (Å²) in [6.07, 6.45) is 1.72. The summed E-state index contributed by atoms with van der Waals surface area (Å²) in [4.78, 5) is 12.8. The first-order chi connectivity index (χ1) is 13.3. The van der Waals surface area contributed by atoms with Crippen molar-refractivity contribution in [2.24, 2.45) is 5.92 Å². The van der Waals surface area contributed by atoms with E-state index in [0.717, 1.165) is 24.0 Å². The Morgan fingerprint density at radius 2 is 1.79 bits per heavy atom. The Bertz CT molecular complexity index is 950. The summed E-state index contributed by atoms with van der Waals surface area (Å²) in [6.45, 7) is 5.33. The van der Waals surface area contributed by atoms with E-state index in [1.54, 1.807) is 31.2 Å². The van der Waals surface area contributed by atoms with Gasteiger partial charge in [-0.05, 0) is 61.1 Å². The molecular formula is C21H25ClN2O3S. The Morgan fingerprint density at radius 3 is 2.43 bits per heavy atom. The SMILES string of the molecule is Cc1ccc(S(=O)(=O)N2CCC(C)CC2)cc1C(=O)NCc1ccc(Cl)cc1. The third-order valence-corrected chi connectivity index (χ3v) is 7.35. The fourth-order valence-electron chi connectivity index (χ4n) is 3.26. The minimum absolute atomic E-state index is 0.171. The number of hydrogen-bond donors (Lipinski definition) is 1. The molecule has 0 aliphatic carbocycles. The van der Waals surface area contributed by atoms with Crippen LogP contribution in [0.2, 0.25) is 5.02 Å². The van der Waals surface area contributed by atoms with Gasteiger partial charge in [0.25, 0.3) is 5.91 Å². The number of sulfonamides is 1. The van der Waals surface area contributed by atoms with Crippen LogP contribution in [-0.2, 0) is 16.6 Å². The van der Waals surface area contributed by atoms with Gasteiger partial charge in [0.05, 0.1) is 4.90 Å². The lowest BCUT2D eigenvalue weighted by atomic mass is 10.0. The lowest BCUT2D eigenvalue weighted by Crippen LogP contribution is -2.38. The lowest BCUT2D eigenvalue weighted by molar-refractivity contribution is 0.0950. The highest BCUT2D eigenvalue weighted by Crippen LogP contribution is 2.25. The van der Waals surface area contributed by atoms with Gasteiger partial charge in [0.2, 0.25) is 10.0 Å². The smallest absolute Gasteiger partial charge is 0.251 e. The first kappa shape index (κ1) is 20.8. The lowest BCUT2D eigenvalue weighted by Gasteiger charge is -2.29. The zero-order valence-electron chi connectivity index (χ0n) is 16.1. The van der Waals surface area contributed by atoms with Crippen LogP contribution in [0.15, 0.2) is 47.4 Å². The Hall–Kier alpha value is -1.89. The fraction of sp³-hybridized carbons (Fsp3) is 0.381. The van der Waals surface area contributed by atoms with E-state index in [1.807, 2.05) is 12.1 Å². The molecule has 1 aliphatic heterocycles. The van der Waals surface area contributed by atoms with Gasteiger partial charge < -0.3 is 5.32 Å². The highest BCUT2D eigenvalue weighted by molar-refractivity contribution is 7.89. The van der Waals surface area contributed by atoms with Crippen LogP contribution in [0.25, 0.3) is 0 Å². The van der Waals surface area contributed by atoms with E-state index in [9.17, 15) is 13.2 Å². The fourth-order valence-corrected chi connectivity index (χ4v) is 4.88. The van der Waals surface area contributed by atoms with Gasteiger partial charge in [0.1, 0.15) is 0 Å². The summed E-state index contributed by atoms with van der Waals surface area (Å²) < 4.78 is 27.5. The number of aryl methyl sites for hydroxylation is 1. The molecule has 1 N–H and O–H groups in total. The second-order valence-electron chi connectivity index (χ2n) is 7.37. The Labute approximate surface area is 171 Å². The highest BCUT2D eigenvalue weighted by Gasteiger charge is 2.28. The first-order valence-electron chi connectivity index (χ1n) is 9.41. The molecule has 0 aromatic heterocycles. The van der Waals surface area contributed by atoms with Crippen LogP contribution in [0.3, 0.4) is 0 Å². The quantitative estimate of drug-likeness (QED) is 0.794. The van der Waals surface area contributed by atoms with Crippen LogP contribution in [0.4, 0.5) is 0 Å². The predicted octanol–water partition coefficient (Wildman–Crippen LogP) is 4.00. The molecule has 1 aliphatic rings. The molecule has 0 radical (unpaired) electrons. The molecular weight excluding hydrogens is 396 g/mol. The maximum atomic E-state index is 13.0. The average Bonchev–Trinajstić information content (AvgIpc) is 2.68. The molecule has 1 amide bonds. The summed E-state index contributed by atoms with van der Waals surface area (Å²) in [5.41, 5.74) is 2.03. The molecule has 1 heterocycles. The van der Waals surface area contributed by atoms with Gasteiger partial charge in [-0.2, -0.15) is 4.31 Å². The van der Waals surface area contributed by atoms with E-state index in [2.05, 4.69) is 12.2 Å². The van der Waals surface area contributed by atoms with E-state index in [4.69, 9.17) is 11.6 Å². The molecule has 0 bridgehead atoms. The van der Waals surface area contributed by atoms with Crippen LogP contribution >= 0.6 is 11.6 Å². The molecule has 0 saturated carbocycles. The van der Waals surface area contributed by atoms with Gasteiger partial charge in [0.15, 0.2) is 0 Å². The number of nitrogens with zero attached hydrogens (tertiary/aromatic N) is 1. The van der Waals surface area contributed by atoms with Crippen molar-refractivity contribution in [1.29, 1.82) is 0 Å². The summed E-state index contributed by atoms with van der Waals surface area (Å²) in [7, 11) is -3.59. The van der Waals surface area contributed by atoms with Crippen molar-refractivity contribution < 1.29 is 13.2 Å². The Kier molecular flexibility index (Phi) is 6.43. The van der Waals surface area contributed by atoms with Crippen molar-refractivity contribution in [3.05, 3.63) is 64.2 Å². The van der Waals surface area contributed by atoms with Gasteiger partial charge >= 0.3 is 0 Å². The summed E-state index contributed by atoms with van der Waals surface area (Å²) in [6, 6.07) is 12.0. The van der Waals surface area contributed by atoms with Crippen molar-refractivity contribution >= 4 is 27.5 Å². The van der Waals surface area contributed by atoms with E-state index >= 15 is 0 Å². The van der Waals surface area contributed by atoms with Crippen LogP contribution in [-0.4, -0.2) is 31.7 Å². The zero-order valence-corrected chi connectivity index (χ0v) is 17.7. The highest BCUT2D eigenvalue weighted by atomic mass is 35.5. The number of amides is 1. The van der Waals surface area contributed by atoms with Crippen molar-refractivity contribution in [1.82, 2.24) is 9.62 Å². The normalized spacial score (nSPS) is 16.1. The number of hydrogen-bond acceptors (Lipinski definition) is 3. The molecule has 28 heavy (non-hydrogen) atoms. The third kappa shape index (κ3) is 4.74. The minimum atomic E-state index is -3.59. The molecule has 0 unspecified atom stereocenters. The molecule has 7 heteroatoms. The minimum Gasteiger partial charge on any atom is -0.348 e. The van der Waals surface area contributed by atoms with E-state index in [1.165, 1.54) is 10.4 Å². The topological polar surface area (TPSA) is 66.5 Å². The largest absolute Gasteiger partial charge is 0.348 e. The number of halogens is 1. The van der Waals surface area contributed by atoms with Gasteiger partial charge in [-0.25, -0.2) is 8.42 Å². The molecule has 0 atom stereocenters. The van der Waals surface area contributed by atoms with Crippen LogP contribution in [0.1, 0.15) is 41.3 Å². The number of nitrogens with one attached hydrogen (secondary N) is 1. The van der Waals surface area contributed by atoms with Crippen LogP contribution in [0.5, 0.6) is 0 Å². The molecule has 2 aromatic rings. The van der Waals surface area contributed by atoms with Crippen molar-refractivity contribution in [3.63, 3.8) is 0 Å². The van der Waals surface area contributed by atoms with E-state index in [-0.39, 0.29) is 10.8 Å². The molecule has 0 spiro atoms. The number of carbonyl (C=O) groups excluding carboxylic acids is 1. The van der Waals surface area contributed by atoms with Crippen LogP contribution < -0.4 is 5.32 Å². The average molecular weight is 421 g/mol. The second-order valence-corrected chi connectivity index (χ2v) is 9.75. The second kappa shape index (κ2) is 8.64. The molecule has 1 fully saturated rings. The summed E-state index contributed by atoms with van der Waals surface area (Å²) >= 11 is 5.87. The number of benzene rings is 2. The third-order valence-electron chi connectivity index (χ3n) is 5.20. The molecule has 5 nitrogen and oxygen atoms in total. The number of carbonyl (C=O) groups is 1. The van der Waals surface area contributed by atoms with Crippen molar-refractivity contribution in [2.75, 3.05) is 13.1 Å². The maximum absolute atomic E-state index is 13.0. The van der Waals surface area contributed by atoms with Crippen LogP contribution in [0, 0.1) is 12.8 Å². The predicted molar refractivity (Wildman–Crippen MR) is 111 cm³/mol. The monoisotopic (exact) mass is 420 g/mol. The maximum Gasteiger partial charge on any atom is 0.251 e. The van der Waals surface area contributed by atoms with Gasteiger partial charge in [-0.1, -0.05) is 36.7 Å². The standard InChI is InChI=1S/C21H25ClN2O3S/c1-15-9-11-24(12-10-15)28(26,27)19-8-3-16(2)20(13-19)21(25)23-14-17-4-6-18(22)7-5-17/h3-8,13,15H,9-12,14H2,1-2H3,(H,23,25). The van der Waals surface area contributed by atoms with E-state index in [0.29, 0.717) is 36.1 Å². The number of piperidine rings is 1. The number of rotatable bonds is 5. The summed E-state index contributed by atoms with van der Waals surface area (Å²) in [5, 5.41) is 3.48. The molecule has 3 rings (SSSR count). The molecule has 150 valence electrons. The van der Waals surface area contributed by atoms with E-state index < -0.39 is 10.0 Å². The Morgan fingerprint density at radius 1 is 1.14 bits per heavy atom. The Balaban J connectivity index is 1.76. The van der Waals surface area contributed by atoms with Gasteiger partial charge in [0, 0.05) is 30.2 Å².